The molecular formula is C27H38N6O2. The topological polar surface area (TPSA) is 136 Å². The standard InChI is InChI=1S/C27H38N6O2/c1-5-16-9-17-11-19(23(28)34)12-18(10-16)22(17)32-24-15(2)14-30-26(33-24)31-21-8-6-7-20(13-21)27(3,4)25(29)35/h6-8,13-14,16-19,22H,5,9-12H2,1-4H3,(H2,28,34)(H2,29,35)(H2,30,31,32,33). The van der Waals surface area contributed by atoms with Crippen LogP contribution in [0.4, 0.5) is 17.5 Å². The molecule has 4 rings (SSSR count). The average molecular weight is 479 g/mol. The molecule has 8 heteroatoms. The number of carbonyl (C=O) groups excluding carboxylic acids is 2. The van der Waals surface area contributed by atoms with Gasteiger partial charge in [0.05, 0.1) is 5.41 Å². The molecule has 8 nitrogen and oxygen atoms in total. The number of aromatic nitrogens is 2. The van der Waals surface area contributed by atoms with E-state index in [1.165, 1.54) is 6.42 Å². The lowest BCUT2D eigenvalue weighted by Crippen LogP contribution is -2.49. The third-order valence-corrected chi connectivity index (χ3v) is 8.17. The lowest BCUT2D eigenvalue weighted by molar-refractivity contribution is -0.125. The molecule has 1 aromatic heterocycles. The number of nitrogens with two attached hydrogens (primary N) is 2. The Morgan fingerprint density at radius 1 is 1.11 bits per heavy atom. The van der Waals surface area contributed by atoms with Crippen LogP contribution in [0, 0.1) is 30.6 Å². The summed E-state index contributed by atoms with van der Waals surface area (Å²) in [4.78, 5) is 33.1. The Kier molecular flexibility index (Phi) is 7.01. The molecule has 1 heterocycles. The van der Waals surface area contributed by atoms with Crippen LogP contribution in [0.2, 0.25) is 0 Å². The van der Waals surface area contributed by atoms with E-state index >= 15 is 0 Å². The summed E-state index contributed by atoms with van der Waals surface area (Å²) in [7, 11) is 0. The molecule has 2 aromatic rings. The van der Waals surface area contributed by atoms with E-state index in [0.29, 0.717) is 23.7 Å². The maximum Gasteiger partial charge on any atom is 0.229 e. The van der Waals surface area contributed by atoms with Crippen molar-refractivity contribution >= 4 is 29.3 Å². The van der Waals surface area contributed by atoms with Gasteiger partial charge in [0.2, 0.25) is 17.8 Å². The minimum absolute atomic E-state index is 0.0264. The van der Waals surface area contributed by atoms with Crippen LogP contribution in [0.5, 0.6) is 0 Å². The Morgan fingerprint density at radius 3 is 2.40 bits per heavy atom. The van der Waals surface area contributed by atoms with Crippen LogP contribution in [-0.4, -0.2) is 27.8 Å². The first-order chi connectivity index (χ1) is 16.6. The lowest BCUT2D eigenvalue weighted by atomic mass is 9.61. The highest BCUT2D eigenvalue weighted by Gasteiger charge is 2.44. The van der Waals surface area contributed by atoms with Gasteiger partial charge in [0.1, 0.15) is 5.82 Å². The summed E-state index contributed by atoms with van der Waals surface area (Å²) >= 11 is 0. The van der Waals surface area contributed by atoms with Crippen LogP contribution in [0.25, 0.3) is 0 Å². The zero-order valence-corrected chi connectivity index (χ0v) is 21.2. The van der Waals surface area contributed by atoms with E-state index in [1.54, 1.807) is 0 Å². The zero-order chi connectivity index (χ0) is 25.3. The molecule has 0 aliphatic heterocycles. The number of anilines is 3. The van der Waals surface area contributed by atoms with Crippen molar-refractivity contribution < 1.29 is 9.59 Å². The van der Waals surface area contributed by atoms with Crippen molar-refractivity contribution in [3.63, 3.8) is 0 Å². The van der Waals surface area contributed by atoms with E-state index in [4.69, 9.17) is 16.5 Å². The van der Waals surface area contributed by atoms with Gasteiger partial charge in [-0.05, 0) is 81.9 Å². The predicted octanol–water partition coefficient (Wildman–Crippen LogP) is 4.02. The second kappa shape index (κ2) is 9.84. The largest absolute Gasteiger partial charge is 0.369 e. The number of rotatable bonds is 8. The Bertz CT molecular complexity index is 1080. The van der Waals surface area contributed by atoms with E-state index in [2.05, 4.69) is 22.5 Å². The Balaban J connectivity index is 1.54. The molecule has 6 N–H and O–H groups in total. The Labute approximate surface area is 207 Å². The highest BCUT2D eigenvalue weighted by Crippen LogP contribution is 2.47. The van der Waals surface area contributed by atoms with Crippen molar-refractivity contribution in [2.24, 2.45) is 35.1 Å². The first-order valence-electron chi connectivity index (χ1n) is 12.7. The monoisotopic (exact) mass is 478 g/mol. The number of fused-ring (bicyclic) bond motifs is 2. The molecule has 188 valence electrons. The summed E-state index contributed by atoms with van der Waals surface area (Å²) in [6, 6.07) is 7.87. The quantitative estimate of drug-likeness (QED) is 0.452. The van der Waals surface area contributed by atoms with Gasteiger partial charge in [-0.3, -0.25) is 9.59 Å². The summed E-state index contributed by atoms with van der Waals surface area (Å²) < 4.78 is 0. The molecule has 2 atom stereocenters. The van der Waals surface area contributed by atoms with Crippen LogP contribution in [0.15, 0.2) is 30.5 Å². The summed E-state index contributed by atoms with van der Waals surface area (Å²) in [6.45, 7) is 7.88. The summed E-state index contributed by atoms with van der Waals surface area (Å²) in [6.07, 6.45) is 6.91. The summed E-state index contributed by atoms with van der Waals surface area (Å²) in [5.41, 5.74) is 13.1. The number of benzene rings is 1. The van der Waals surface area contributed by atoms with Crippen LogP contribution in [0.3, 0.4) is 0 Å². The van der Waals surface area contributed by atoms with E-state index in [-0.39, 0.29) is 23.8 Å². The molecule has 0 radical (unpaired) electrons. The fraction of sp³-hybridized carbons (Fsp3) is 0.556. The average Bonchev–Trinajstić information content (AvgIpc) is 2.80. The molecule has 1 aromatic carbocycles. The van der Waals surface area contributed by atoms with E-state index in [1.807, 2.05) is 51.2 Å². The van der Waals surface area contributed by atoms with E-state index < -0.39 is 5.41 Å². The molecule has 0 spiro atoms. The fourth-order valence-electron chi connectivity index (χ4n) is 5.81. The minimum Gasteiger partial charge on any atom is -0.369 e. The van der Waals surface area contributed by atoms with Gasteiger partial charge in [-0.1, -0.05) is 25.5 Å². The molecule has 2 fully saturated rings. The number of hydrogen-bond acceptors (Lipinski definition) is 6. The third kappa shape index (κ3) is 5.26. The Hall–Kier alpha value is -3.16. The van der Waals surface area contributed by atoms with Gasteiger partial charge < -0.3 is 22.1 Å². The number of nitrogens with one attached hydrogen (secondary N) is 2. The maximum atomic E-state index is 11.9. The molecule has 2 amide bonds. The van der Waals surface area contributed by atoms with Gasteiger partial charge in [-0.15, -0.1) is 0 Å². The van der Waals surface area contributed by atoms with Crippen molar-refractivity contribution in [3.8, 4) is 0 Å². The minimum atomic E-state index is -0.781. The second-order valence-corrected chi connectivity index (χ2v) is 10.9. The van der Waals surface area contributed by atoms with Crippen LogP contribution < -0.4 is 22.1 Å². The van der Waals surface area contributed by atoms with Gasteiger partial charge in [0.15, 0.2) is 0 Å². The lowest BCUT2D eigenvalue weighted by Gasteiger charge is -2.48. The predicted molar refractivity (Wildman–Crippen MR) is 138 cm³/mol. The highest BCUT2D eigenvalue weighted by molar-refractivity contribution is 5.86. The van der Waals surface area contributed by atoms with Gasteiger partial charge in [-0.25, -0.2) is 4.98 Å². The Morgan fingerprint density at radius 2 is 1.80 bits per heavy atom. The summed E-state index contributed by atoms with van der Waals surface area (Å²) in [5.74, 6) is 2.23. The number of carbonyl (C=O) groups is 2. The van der Waals surface area contributed by atoms with Crippen molar-refractivity contribution in [2.75, 3.05) is 10.6 Å². The van der Waals surface area contributed by atoms with Gasteiger partial charge >= 0.3 is 0 Å². The number of amides is 2. The molecule has 2 unspecified atom stereocenters. The fourth-order valence-corrected chi connectivity index (χ4v) is 5.81. The molecule has 35 heavy (non-hydrogen) atoms. The normalized spacial score (nSPS) is 26.1. The van der Waals surface area contributed by atoms with Crippen molar-refractivity contribution in [1.29, 1.82) is 0 Å². The van der Waals surface area contributed by atoms with Crippen molar-refractivity contribution in [3.05, 3.63) is 41.6 Å². The van der Waals surface area contributed by atoms with Gasteiger partial charge in [-0.2, -0.15) is 4.98 Å². The number of aryl methyl sites for hydroxylation is 1. The second-order valence-electron chi connectivity index (χ2n) is 10.9. The molecule has 2 aliphatic rings. The molecule has 2 bridgehead atoms. The summed E-state index contributed by atoms with van der Waals surface area (Å²) in [5, 5.41) is 7.00. The first kappa shape index (κ1) is 24.9. The highest BCUT2D eigenvalue weighted by atomic mass is 16.1. The number of nitrogens with zero attached hydrogens (tertiary/aromatic N) is 2. The third-order valence-electron chi connectivity index (χ3n) is 8.17. The van der Waals surface area contributed by atoms with Crippen LogP contribution >= 0.6 is 0 Å². The number of hydrogen-bond donors (Lipinski definition) is 4. The first-order valence-corrected chi connectivity index (χ1v) is 12.7. The van der Waals surface area contributed by atoms with Gasteiger partial charge in [0, 0.05) is 29.4 Å². The SMILES string of the molecule is CCC1CC2CC(C(N)=O)CC(C1)C2Nc1nc(Nc2cccc(C(C)(C)C(N)=O)c2)ncc1C. The van der Waals surface area contributed by atoms with Crippen LogP contribution in [0.1, 0.15) is 64.0 Å². The molecule has 2 aliphatic carbocycles. The smallest absolute Gasteiger partial charge is 0.229 e. The van der Waals surface area contributed by atoms with E-state index in [9.17, 15) is 9.59 Å². The van der Waals surface area contributed by atoms with Crippen molar-refractivity contribution in [2.45, 2.75) is 71.3 Å². The van der Waals surface area contributed by atoms with Crippen molar-refractivity contribution in [1.82, 2.24) is 9.97 Å². The molecule has 0 saturated heterocycles. The molecular weight excluding hydrogens is 440 g/mol. The van der Waals surface area contributed by atoms with Gasteiger partial charge in [0.25, 0.3) is 0 Å². The maximum absolute atomic E-state index is 11.9. The molecule has 2 saturated carbocycles. The van der Waals surface area contributed by atoms with Crippen LogP contribution in [-0.2, 0) is 15.0 Å². The number of primary amides is 2. The zero-order valence-electron chi connectivity index (χ0n) is 21.2. The van der Waals surface area contributed by atoms with E-state index in [0.717, 1.165) is 48.3 Å².